The van der Waals surface area contributed by atoms with Crippen LogP contribution in [0, 0.1) is 0 Å². The number of imidazole rings is 1. The van der Waals surface area contributed by atoms with Crippen molar-refractivity contribution in [3.8, 4) is 0 Å². The Balaban J connectivity index is 2.30. The van der Waals surface area contributed by atoms with E-state index in [0.29, 0.717) is 13.0 Å². The van der Waals surface area contributed by atoms with Crippen LogP contribution in [0.15, 0.2) is 12.5 Å². The van der Waals surface area contributed by atoms with E-state index in [-0.39, 0.29) is 5.91 Å². The Kier molecular flexibility index (Phi) is 4.49. The molecule has 0 bridgehead atoms. The Morgan fingerprint density at radius 1 is 1.69 bits per heavy atom. The summed E-state index contributed by atoms with van der Waals surface area (Å²) in [4.78, 5) is 18.6. The van der Waals surface area contributed by atoms with Gasteiger partial charge in [-0.15, -0.1) is 0 Å². The topological polar surface area (TPSA) is 83.8 Å². The second-order valence-electron chi connectivity index (χ2n) is 4.25. The van der Waals surface area contributed by atoms with Crippen molar-refractivity contribution < 1.29 is 4.79 Å². The van der Waals surface area contributed by atoms with Crippen LogP contribution < -0.4 is 11.1 Å². The maximum atomic E-state index is 11.7. The third-order valence-corrected chi connectivity index (χ3v) is 2.52. The van der Waals surface area contributed by atoms with Gasteiger partial charge in [-0.05, 0) is 13.3 Å². The number of aromatic amines is 1. The molecule has 0 aromatic carbocycles. The first kappa shape index (κ1) is 12.7. The van der Waals surface area contributed by atoms with Crippen LogP contribution in [0.5, 0.6) is 0 Å². The van der Waals surface area contributed by atoms with Gasteiger partial charge in [0.05, 0.1) is 11.9 Å². The van der Waals surface area contributed by atoms with Crippen molar-refractivity contribution in [2.45, 2.75) is 38.6 Å². The molecule has 1 amide bonds. The number of nitrogens with zero attached hydrogens (tertiary/aromatic N) is 1. The highest BCUT2D eigenvalue weighted by molar-refractivity contribution is 5.85. The molecule has 1 aromatic heterocycles. The lowest BCUT2D eigenvalue weighted by Gasteiger charge is -2.22. The molecule has 4 N–H and O–H groups in total. The Morgan fingerprint density at radius 3 is 3.00 bits per heavy atom. The number of nitrogens with two attached hydrogens (primary N) is 1. The molecule has 1 atom stereocenters. The van der Waals surface area contributed by atoms with Crippen LogP contribution in [0.4, 0.5) is 0 Å². The van der Waals surface area contributed by atoms with E-state index in [0.717, 1.165) is 18.5 Å². The number of hydrogen-bond acceptors (Lipinski definition) is 3. The third-order valence-electron chi connectivity index (χ3n) is 2.52. The molecule has 1 aromatic rings. The smallest absolute Gasteiger partial charge is 0.239 e. The fourth-order valence-electron chi connectivity index (χ4n) is 1.57. The summed E-state index contributed by atoms with van der Waals surface area (Å²) in [5, 5.41) is 2.83. The fraction of sp³-hybridized carbons (Fsp3) is 0.636. The SMILES string of the molecule is CCCC(C)(N)C(=O)NCCc1cnc[nH]1. The van der Waals surface area contributed by atoms with Gasteiger partial charge in [-0.2, -0.15) is 0 Å². The van der Waals surface area contributed by atoms with Gasteiger partial charge in [0.1, 0.15) is 0 Å². The molecule has 16 heavy (non-hydrogen) atoms. The quantitative estimate of drug-likeness (QED) is 0.661. The van der Waals surface area contributed by atoms with Crippen molar-refractivity contribution in [3.63, 3.8) is 0 Å². The van der Waals surface area contributed by atoms with E-state index in [1.165, 1.54) is 0 Å². The van der Waals surface area contributed by atoms with E-state index in [1.807, 2.05) is 6.92 Å². The highest BCUT2D eigenvalue weighted by Gasteiger charge is 2.26. The van der Waals surface area contributed by atoms with Crippen molar-refractivity contribution in [1.29, 1.82) is 0 Å². The number of carbonyl (C=O) groups excluding carboxylic acids is 1. The van der Waals surface area contributed by atoms with Crippen molar-refractivity contribution in [3.05, 3.63) is 18.2 Å². The molecule has 90 valence electrons. The number of amides is 1. The second kappa shape index (κ2) is 5.65. The largest absolute Gasteiger partial charge is 0.354 e. The van der Waals surface area contributed by atoms with E-state index < -0.39 is 5.54 Å². The minimum atomic E-state index is -0.761. The summed E-state index contributed by atoms with van der Waals surface area (Å²) in [6.45, 7) is 4.36. The Labute approximate surface area is 95.8 Å². The van der Waals surface area contributed by atoms with E-state index in [2.05, 4.69) is 15.3 Å². The summed E-state index contributed by atoms with van der Waals surface area (Å²) in [6.07, 6.45) is 5.72. The van der Waals surface area contributed by atoms with Crippen LogP contribution >= 0.6 is 0 Å². The van der Waals surface area contributed by atoms with E-state index in [1.54, 1.807) is 19.4 Å². The predicted octanol–water partition coefficient (Wildman–Crippen LogP) is 0.586. The zero-order valence-corrected chi connectivity index (χ0v) is 9.92. The van der Waals surface area contributed by atoms with Gasteiger partial charge in [-0.3, -0.25) is 4.79 Å². The molecular weight excluding hydrogens is 204 g/mol. The zero-order valence-electron chi connectivity index (χ0n) is 9.92. The molecule has 0 fully saturated rings. The molecule has 0 aliphatic carbocycles. The van der Waals surface area contributed by atoms with Crippen LogP contribution in [0.1, 0.15) is 32.4 Å². The van der Waals surface area contributed by atoms with Crippen LogP contribution in [-0.2, 0) is 11.2 Å². The van der Waals surface area contributed by atoms with Gasteiger partial charge >= 0.3 is 0 Å². The number of rotatable bonds is 6. The third kappa shape index (κ3) is 3.66. The lowest BCUT2D eigenvalue weighted by molar-refractivity contribution is -0.126. The highest BCUT2D eigenvalue weighted by atomic mass is 16.2. The van der Waals surface area contributed by atoms with Gasteiger partial charge in [0.25, 0.3) is 0 Å². The average molecular weight is 224 g/mol. The number of nitrogens with one attached hydrogen (secondary N) is 2. The number of aromatic nitrogens is 2. The van der Waals surface area contributed by atoms with Crippen LogP contribution in [0.25, 0.3) is 0 Å². The standard InChI is InChI=1S/C11H20N4O/c1-3-5-11(2,12)10(16)14-6-4-9-7-13-8-15-9/h7-8H,3-6,12H2,1-2H3,(H,13,15)(H,14,16). The summed E-state index contributed by atoms with van der Waals surface area (Å²) in [5.41, 5.74) is 6.15. The molecule has 5 heteroatoms. The first-order valence-electron chi connectivity index (χ1n) is 5.60. The molecule has 5 nitrogen and oxygen atoms in total. The Hall–Kier alpha value is -1.36. The van der Waals surface area contributed by atoms with Gasteiger partial charge in [0, 0.05) is 24.9 Å². The minimum Gasteiger partial charge on any atom is -0.354 e. The molecule has 0 aliphatic heterocycles. The van der Waals surface area contributed by atoms with E-state index in [9.17, 15) is 4.79 Å². The lowest BCUT2D eigenvalue weighted by atomic mass is 9.96. The maximum absolute atomic E-state index is 11.7. The van der Waals surface area contributed by atoms with Gasteiger partial charge < -0.3 is 16.0 Å². The molecular formula is C11H20N4O. The van der Waals surface area contributed by atoms with E-state index in [4.69, 9.17) is 5.73 Å². The number of H-pyrrole nitrogens is 1. The monoisotopic (exact) mass is 224 g/mol. The van der Waals surface area contributed by atoms with Crippen molar-refractivity contribution >= 4 is 5.91 Å². The molecule has 0 saturated heterocycles. The molecule has 0 spiro atoms. The number of hydrogen-bond donors (Lipinski definition) is 3. The Bertz CT molecular complexity index is 319. The second-order valence-corrected chi connectivity index (χ2v) is 4.25. The lowest BCUT2D eigenvalue weighted by Crippen LogP contribution is -2.51. The first-order chi connectivity index (χ1) is 7.56. The van der Waals surface area contributed by atoms with Gasteiger partial charge in [-0.1, -0.05) is 13.3 Å². The summed E-state index contributed by atoms with van der Waals surface area (Å²) in [5.74, 6) is -0.0890. The molecule has 1 heterocycles. The minimum absolute atomic E-state index is 0.0890. The highest BCUT2D eigenvalue weighted by Crippen LogP contribution is 2.08. The molecule has 1 rings (SSSR count). The molecule has 0 saturated carbocycles. The predicted molar refractivity (Wildman–Crippen MR) is 62.8 cm³/mol. The molecule has 1 unspecified atom stereocenters. The summed E-state index contributed by atoms with van der Waals surface area (Å²) >= 11 is 0. The fourth-order valence-corrected chi connectivity index (χ4v) is 1.57. The van der Waals surface area contributed by atoms with E-state index >= 15 is 0 Å². The van der Waals surface area contributed by atoms with Crippen LogP contribution in [0.2, 0.25) is 0 Å². The van der Waals surface area contributed by atoms with Crippen molar-refractivity contribution in [1.82, 2.24) is 15.3 Å². The molecule has 0 radical (unpaired) electrons. The zero-order chi connectivity index (χ0) is 12.0. The maximum Gasteiger partial charge on any atom is 0.239 e. The van der Waals surface area contributed by atoms with Gasteiger partial charge in [0.15, 0.2) is 0 Å². The number of carbonyl (C=O) groups is 1. The summed E-state index contributed by atoms with van der Waals surface area (Å²) < 4.78 is 0. The van der Waals surface area contributed by atoms with Crippen LogP contribution in [-0.4, -0.2) is 28.0 Å². The van der Waals surface area contributed by atoms with Crippen molar-refractivity contribution in [2.75, 3.05) is 6.54 Å². The Morgan fingerprint density at radius 2 is 2.44 bits per heavy atom. The van der Waals surface area contributed by atoms with Gasteiger partial charge in [-0.25, -0.2) is 4.98 Å². The average Bonchev–Trinajstić information content (AvgIpc) is 2.70. The normalized spacial score (nSPS) is 14.4. The summed E-state index contributed by atoms with van der Waals surface area (Å²) in [7, 11) is 0. The summed E-state index contributed by atoms with van der Waals surface area (Å²) in [6, 6.07) is 0. The molecule has 0 aliphatic rings. The van der Waals surface area contributed by atoms with Gasteiger partial charge in [0.2, 0.25) is 5.91 Å². The van der Waals surface area contributed by atoms with Crippen molar-refractivity contribution in [2.24, 2.45) is 5.73 Å². The van der Waals surface area contributed by atoms with Crippen LogP contribution in [0.3, 0.4) is 0 Å². The first-order valence-corrected chi connectivity index (χ1v) is 5.60.